The molecule has 1 atom stereocenters. The Bertz CT molecular complexity index is 1030. The Balaban J connectivity index is 1.75. The predicted octanol–water partition coefficient (Wildman–Crippen LogP) is 3.95. The largest absolute Gasteiger partial charge is 0.441 e. The van der Waals surface area contributed by atoms with Crippen molar-refractivity contribution >= 4 is 18.2 Å². The molecule has 1 amide bonds. The molecular formula is C22H19N3O3. The first kappa shape index (κ1) is 18.9. The lowest BCUT2D eigenvalue weighted by molar-refractivity contribution is -0.103. The molecule has 0 bridgehead atoms. The number of amides is 1. The van der Waals surface area contributed by atoms with Crippen LogP contribution in [0.25, 0.3) is 11.1 Å². The summed E-state index contributed by atoms with van der Waals surface area (Å²) in [4.78, 5) is 22.7. The lowest BCUT2D eigenvalue weighted by Gasteiger charge is -2.15. The van der Waals surface area contributed by atoms with Crippen LogP contribution >= 0.6 is 0 Å². The Morgan fingerprint density at radius 3 is 2.57 bits per heavy atom. The number of aldehydes is 1. The van der Waals surface area contributed by atoms with Gasteiger partial charge in [0, 0.05) is 18.2 Å². The first-order valence-electron chi connectivity index (χ1n) is 8.68. The van der Waals surface area contributed by atoms with Gasteiger partial charge < -0.3 is 4.74 Å². The molecule has 28 heavy (non-hydrogen) atoms. The molecule has 3 aromatic rings. The monoisotopic (exact) mass is 373 g/mol. The predicted molar refractivity (Wildman–Crippen MR) is 107 cm³/mol. The van der Waals surface area contributed by atoms with E-state index in [1.807, 2.05) is 49.4 Å². The molecule has 140 valence electrons. The van der Waals surface area contributed by atoms with Crippen LogP contribution in [0.1, 0.15) is 24.2 Å². The Kier molecular flexibility index (Phi) is 5.87. The third kappa shape index (κ3) is 4.46. The fourth-order valence-corrected chi connectivity index (χ4v) is 2.72. The maximum Gasteiger partial charge on any atom is 0.413 e. The highest BCUT2D eigenvalue weighted by atomic mass is 16.6. The highest BCUT2D eigenvalue weighted by Gasteiger charge is 2.17. The van der Waals surface area contributed by atoms with Gasteiger partial charge in [0.25, 0.3) is 0 Å². The summed E-state index contributed by atoms with van der Waals surface area (Å²) in [6, 6.07) is 16.8. The number of aryl methyl sites for hydroxylation is 1. The second kappa shape index (κ2) is 8.69. The Morgan fingerprint density at radius 1 is 1.18 bits per heavy atom. The van der Waals surface area contributed by atoms with Gasteiger partial charge in [0.2, 0.25) is 0 Å². The van der Waals surface area contributed by atoms with Gasteiger partial charge in [-0.1, -0.05) is 48.4 Å². The summed E-state index contributed by atoms with van der Waals surface area (Å²) in [5.74, 6) is 5.63. The van der Waals surface area contributed by atoms with Crippen LogP contribution in [0.4, 0.5) is 10.6 Å². The maximum atomic E-state index is 12.4. The second-order valence-corrected chi connectivity index (χ2v) is 6.08. The number of nitrogens with zero attached hydrogens (tertiary/aromatic N) is 2. The van der Waals surface area contributed by atoms with Crippen molar-refractivity contribution in [2.24, 2.45) is 7.05 Å². The normalized spacial score (nSPS) is 11.1. The van der Waals surface area contributed by atoms with Crippen molar-refractivity contribution in [1.29, 1.82) is 0 Å². The summed E-state index contributed by atoms with van der Waals surface area (Å²) >= 11 is 0. The molecule has 0 saturated carbocycles. The van der Waals surface area contributed by atoms with Crippen LogP contribution in [-0.2, 0) is 16.6 Å². The van der Waals surface area contributed by atoms with Gasteiger partial charge in [-0.3, -0.25) is 14.8 Å². The molecule has 1 N–H and O–H groups in total. The molecule has 0 fully saturated rings. The van der Waals surface area contributed by atoms with E-state index in [0.717, 1.165) is 22.3 Å². The summed E-state index contributed by atoms with van der Waals surface area (Å²) < 4.78 is 7.05. The van der Waals surface area contributed by atoms with E-state index in [-0.39, 0.29) is 6.10 Å². The molecule has 0 aliphatic carbocycles. The number of benzene rings is 2. The van der Waals surface area contributed by atoms with E-state index in [2.05, 4.69) is 22.3 Å². The van der Waals surface area contributed by atoms with Crippen LogP contribution < -0.4 is 5.32 Å². The minimum absolute atomic E-state index is 0.381. The molecule has 6 nitrogen and oxygen atoms in total. The molecule has 0 aliphatic heterocycles. The van der Waals surface area contributed by atoms with E-state index in [0.29, 0.717) is 12.1 Å². The van der Waals surface area contributed by atoms with Crippen LogP contribution in [0.5, 0.6) is 0 Å². The quantitative estimate of drug-likeness (QED) is 0.555. The number of carbonyl (C=O) groups is 2. The first-order valence-corrected chi connectivity index (χ1v) is 8.68. The van der Waals surface area contributed by atoms with Crippen molar-refractivity contribution in [3.05, 3.63) is 71.9 Å². The van der Waals surface area contributed by atoms with Gasteiger partial charge >= 0.3 is 6.09 Å². The van der Waals surface area contributed by atoms with Crippen LogP contribution in [0.2, 0.25) is 0 Å². The molecule has 2 aromatic carbocycles. The first-order chi connectivity index (χ1) is 13.6. The van der Waals surface area contributed by atoms with Gasteiger partial charge in [-0.15, -0.1) is 0 Å². The highest BCUT2D eigenvalue weighted by Crippen LogP contribution is 2.28. The van der Waals surface area contributed by atoms with Crippen molar-refractivity contribution in [2.75, 3.05) is 5.32 Å². The molecule has 6 heteroatoms. The second-order valence-electron chi connectivity index (χ2n) is 6.08. The minimum atomic E-state index is -0.560. The fourth-order valence-electron chi connectivity index (χ4n) is 2.72. The molecule has 1 heterocycles. The molecule has 3 rings (SSSR count). The standard InChI is InChI=1S/C22H19N3O3/c1-16(18-8-4-3-5-9-18)28-22(27)24-21-20(15-23-25(21)2)19-12-10-17(11-13-19)7-6-14-26/h3-5,8-16H,1-2H3,(H,24,27)/t16-/m1/s1. The molecule has 0 saturated heterocycles. The van der Waals surface area contributed by atoms with E-state index < -0.39 is 6.09 Å². The summed E-state index contributed by atoms with van der Waals surface area (Å²) in [5.41, 5.74) is 3.25. The molecule has 0 spiro atoms. The maximum absolute atomic E-state index is 12.4. The van der Waals surface area contributed by atoms with E-state index in [4.69, 9.17) is 4.74 Å². The lowest BCUT2D eigenvalue weighted by Crippen LogP contribution is -2.18. The van der Waals surface area contributed by atoms with Crippen molar-refractivity contribution in [1.82, 2.24) is 9.78 Å². The van der Waals surface area contributed by atoms with Crippen LogP contribution in [-0.4, -0.2) is 22.2 Å². The number of nitrogens with one attached hydrogen (secondary N) is 1. The number of hydrogen-bond acceptors (Lipinski definition) is 4. The van der Waals surface area contributed by atoms with Crippen LogP contribution in [0.3, 0.4) is 0 Å². The average Bonchev–Trinajstić information content (AvgIpc) is 3.07. The summed E-state index contributed by atoms with van der Waals surface area (Å²) in [7, 11) is 1.74. The molecule has 0 radical (unpaired) electrons. The Hall–Kier alpha value is -3.85. The number of hydrogen-bond donors (Lipinski definition) is 1. The van der Waals surface area contributed by atoms with Gasteiger partial charge in [0.15, 0.2) is 6.29 Å². The van der Waals surface area contributed by atoms with Crippen molar-refractivity contribution in [3.63, 3.8) is 0 Å². The number of anilines is 1. The van der Waals surface area contributed by atoms with E-state index in [9.17, 15) is 9.59 Å². The molecular weight excluding hydrogens is 354 g/mol. The van der Waals surface area contributed by atoms with Crippen LogP contribution in [0.15, 0.2) is 60.8 Å². The highest BCUT2D eigenvalue weighted by molar-refractivity contribution is 5.90. The van der Waals surface area contributed by atoms with E-state index in [1.165, 1.54) is 0 Å². The Morgan fingerprint density at radius 2 is 1.89 bits per heavy atom. The number of rotatable bonds is 4. The fraction of sp³-hybridized carbons (Fsp3) is 0.136. The summed E-state index contributed by atoms with van der Waals surface area (Å²) in [5, 5.41) is 7.00. The SMILES string of the molecule is C[C@@H](OC(=O)Nc1c(-c2ccc(C#CC=O)cc2)cnn1C)c1ccccc1. The lowest BCUT2D eigenvalue weighted by atomic mass is 10.1. The zero-order chi connectivity index (χ0) is 19.9. The smallest absolute Gasteiger partial charge is 0.413 e. The van der Waals surface area contributed by atoms with Gasteiger partial charge in [-0.05, 0) is 36.1 Å². The average molecular weight is 373 g/mol. The van der Waals surface area contributed by atoms with Gasteiger partial charge in [0.05, 0.1) is 6.20 Å². The van der Waals surface area contributed by atoms with Gasteiger partial charge in [0.1, 0.15) is 11.9 Å². The molecule has 0 unspecified atom stereocenters. The van der Waals surface area contributed by atoms with E-state index in [1.54, 1.807) is 30.1 Å². The zero-order valence-electron chi connectivity index (χ0n) is 15.5. The van der Waals surface area contributed by atoms with Crippen molar-refractivity contribution in [2.45, 2.75) is 13.0 Å². The molecule has 1 aromatic heterocycles. The summed E-state index contributed by atoms with van der Waals surface area (Å²) in [6.07, 6.45) is 1.28. The van der Waals surface area contributed by atoms with Gasteiger partial charge in [-0.25, -0.2) is 4.79 Å². The molecule has 0 aliphatic rings. The summed E-state index contributed by atoms with van der Waals surface area (Å²) in [6.45, 7) is 1.82. The van der Waals surface area contributed by atoms with E-state index >= 15 is 0 Å². The number of aromatic nitrogens is 2. The minimum Gasteiger partial charge on any atom is -0.441 e. The van der Waals surface area contributed by atoms with Crippen LogP contribution in [0, 0.1) is 11.8 Å². The Labute approximate surface area is 163 Å². The topological polar surface area (TPSA) is 73.2 Å². The third-order valence-corrected chi connectivity index (χ3v) is 4.18. The number of ether oxygens (including phenoxy) is 1. The number of carbonyl (C=O) groups excluding carboxylic acids is 2. The third-order valence-electron chi connectivity index (χ3n) is 4.18. The van der Waals surface area contributed by atoms with Gasteiger partial charge in [-0.2, -0.15) is 5.10 Å². The van der Waals surface area contributed by atoms with Crippen molar-refractivity contribution < 1.29 is 14.3 Å². The van der Waals surface area contributed by atoms with Crippen molar-refractivity contribution in [3.8, 4) is 23.0 Å². The zero-order valence-corrected chi connectivity index (χ0v) is 15.5.